The van der Waals surface area contributed by atoms with Crippen LogP contribution in [0.2, 0.25) is 0 Å². The van der Waals surface area contributed by atoms with Gasteiger partial charge in [-0.3, -0.25) is 9.78 Å². The minimum atomic E-state index is -0.811. The Balaban J connectivity index is 1.88. The summed E-state index contributed by atoms with van der Waals surface area (Å²) in [6.07, 6.45) is 2.31. The molecule has 1 saturated carbocycles. The van der Waals surface area contributed by atoms with Crippen molar-refractivity contribution in [3.8, 4) is 11.5 Å². The molecule has 3 rings (SSSR count). The lowest BCUT2D eigenvalue weighted by Gasteiger charge is -2.00. The summed E-state index contributed by atoms with van der Waals surface area (Å²) in [6, 6.07) is 2.00. The molecule has 0 bridgehead atoms. The average Bonchev–Trinajstić information content (AvgIpc) is 3.01. The van der Waals surface area contributed by atoms with E-state index in [4.69, 9.17) is 9.63 Å². The number of hydrogen-bond donors (Lipinski definition) is 1. The highest BCUT2D eigenvalue weighted by atomic mass is 16.5. The van der Waals surface area contributed by atoms with Crippen LogP contribution in [0.5, 0.6) is 0 Å². The van der Waals surface area contributed by atoms with Crippen LogP contribution in [0.4, 0.5) is 0 Å². The zero-order chi connectivity index (χ0) is 13.6. The quantitative estimate of drug-likeness (QED) is 0.906. The summed E-state index contributed by atoms with van der Waals surface area (Å²) in [5.74, 6) is -0.535. The summed E-state index contributed by atoms with van der Waals surface area (Å²) in [7, 11) is 0. The molecule has 0 aromatic carbocycles. The van der Waals surface area contributed by atoms with E-state index in [9.17, 15) is 4.79 Å². The van der Waals surface area contributed by atoms with Crippen molar-refractivity contribution >= 4 is 5.97 Å². The second-order valence-electron chi connectivity index (χ2n) is 4.92. The van der Waals surface area contributed by atoms with E-state index in [0.717, 1.165) is 11.1 Å². The minimum Gasteiger partial charge on any atom is -0.481 e. The first-order valence-electron chi connectivity index (χ1n) is 6.06. The number of hydrogen-bond acceptors (Lipinski definition) is 5. The minimum absolute atomic E-state index is 0.149. The monoisotopic (exact) mass is 259 g/mol. The zero-order valence-electron chi connectivity index (χ0n) is 10.6. The number of carboxylic acids is 1. The van der Waals surface area contributed by atoms with E-state index in [1.165, 1.54) is 0 Å². The number of aliphatic carboxylic acids is 1. The molecule has 1 aliphatic rings. The van der Waals surface area contributed by atoms with E-state index in [-0.39, 0.29) is 11.8 Å². The fourth-order valence-electron chi connectivity index (χ4n) is 2.17. The van der Waals surface area contributed by atoms with Gasteiger partial charge in [-0.2, -0.15) is 4.98 Å². The standard InChI is InChI=1S/C13H13N3O3/c1-6-3-7(2)10(14-5-6)11-15-12(19-16-11)8-4-9(8)13(17)18/h3,5,8-9H,4H2,1-2H3,(H,17,18). The van der Waals surface area contributed by atoms with Crippen molar-refractivity contribution in [1.29, 1.82) is 0 Å². The van der Waals surface area contributed by atoms with Gasteiger partial charge in [-0.25, -0.2) is 0 Å². The van der Waals surface area contributed by atoms with Crippen molar-refractivity contribution < 1.29 is 14.4 Å². The van der Waals surface area contributed by atoms with Crippen molar-refractivity contribution in [1.82, 2.24) is 15.1 Å². The van der Waals surface area contributed by atoms with E-state index in [1.807, 2.05) is 19.9 Å². The molecule has 2 atom stereocenters. The summed E-state index contributed by atoms with van der Waals surface area (Å²) < 4.78 is 5.14. The molecule has 1 fully saturated rings. The van der Waals surface area contributed by atoms with Gasteiger partial charge in [0.25, 0.3) is 0 Å². The number of carbonyl (C=O) groups is 1. The topological polar surface area (TPSA) is 89.1 Å². The van der Waals surface area contributed by atoms with Gasteiger partial charge in [0.05, 0.1) is 11.8 Å². The third-order valence-electron chi connectivity index (χ3n) is 3.29. The van der Waals surface area contributed by atoms with Crippen LogP contribution in [0.1, 0.15) is 29.4 Å². The Bertz CT molecular complexity index is 650. The van der Waals surface area contributed by atoms with Crippen molar-refractivity contribution in [3.63, 3.8) is 0 Å². The molecule has 2 unspecified atom stereocenters. The van der Waals surface area contributed by atoms with Crippen molar-refractivity contribution in [2.75, 3.05) is 0 Å². The van der Waals surface area contributed by atoms with Gasteiger partial charge in [0, 0.05) is 6.20 Å². The molecule has 2 heterocycles. The van der Waals surface area contributed by atoms with Gasteiger partial charge in [-0.1, -0.05) is 11.2 Å². The molecule has 6 nitrogen and oxygen atoms in total. The SMILES string of the molecule is Cc1cnc(-c2noc(C3CC3C(=O)O)n2)c(C)c1. The van der Waals surface area contributed by atoms with Crippen LogP contribution in [-0.4, -0.2) is 26.2 Å². The molecule has 1 aliphatic carbocycles. The second kappa shape index (κ2) is 4.15. The summed E-state index contributed by atoms with van der Waals surface area (Å²) >= 11 is 0. The Morgan fingerprint density at radius 1 is 1.47 bits per heavy atom. The first-order valence-corrected chi connectivity index (χ1v) is 6.06. The van der Waals surface area contributed by atoms with Crippen molar-refractivity contribution in [2.45, 2.75) is 26.2 Å². The van der Waals surface area contributed by atoms with Crippen LogP contribution < -0.4 is 0 Å². The molecule has 0 amide bonds. The highest BCUT2D eigenvalue weighted by molar-refractivity contribution is 5.74. The number of aryl methyl sites for hydroxylation is 2. The Hall–Kier alpha value is -2.24. The number of rotatable bonds is 3. The predicted molar refractivity (Wildman–Crippen MR) is 65.5 cm³/mol. The van der Waals surface area contributed by atoms with Gasteiger partial charge < -0.3 is 9.63 Å². The Morgan fingerprint density at radius 3 is 2.89 bits per heavy atom. The fourth-order valence-corrected chi connectivity index (χ4v) is 2.17. The van der Waals surface area contributed by atoms with Gasteiger partial charge in [0.2, 0.25) is 11.7 Å². The lowest BCUT2D eigenvalue weighted by molar-refractivity contribution is -0.138. The molecule has 2 aromatic heterocycles. The summed E-state index contributed by atoms with van der Waals surface area (Å²) in [5, 5.41) is 12.8. The number of carboxylic acid groups (broad SMARTS) is 1. The summed E-state index contributed by atoms with van der Waals surface area (Å²) in [4.78, 5) is 19.4. The van der Waals surface area contributed by atoms with Gasteiger partial charge >= 0.3 is 5.97 Å². The van der Waals surface area contributed by atoms with Crippen LogP contribution >= 0.6 is 0 Å². The molecule has 0 aliphatic heterocycles. The van der Waals surface area contributed by atoms with Gasteiger partial charge in [0.15, 0.2) is 0 Å². The zero-order valence-corrected chi connectivity index (χ0v) is 10.6. The summed E-state index contributed by atoms with van der Waals surface area (Å²) in [6.45, 7) is 3.90. The van der Waals surface area contributed by atoms with E-state index in [1.54, 1.807) is 6.20 Å². The maximum Gasteiger partial charge on any atom is 0.307 e. The van der Waals surface area contributed by atoms with E-state index >= 15 is 0 Å². The van der Waals surface area contributed by atoms with Crippen molar-refractivity contribution in [3.05, 3.63) is 29.3 Å². The molecular formula is C13H13N3O3. The van der Waals surface area contributed by atoms with Crippen LogP contribution in [0, 0.1) is 19.8 Å². The molecule has 0 radical (unpaired) electrons. The third kappa shape index (κ3) is 2.09. The van der Waals surface area contributed by atoms with Gasteiger partial charge in [0.1, 0.15) is 5.69 Å². The molecule has 19 heavy (non-hydrogen) atoms. The first kappa shape index (κ1) is 11.8. The first-order chi connectivity index (χ1) is 9.06. The molecule has 2 aromatic rings. The van der Waals surface area contributed by atoms with Gasteiger partial charge in [-0.05, 0) is 31.4 Å². The number of nitrogens with zero attached hydrogens (tertiary/aromatic N) is 3. The lowest BCUT2D eigenvalue weighted by Crippen LogP contribution is -1.99. The Kier molecular flexibility index (Phi) is 2.58. The van der Waals surface area contributed by atoms with Crippen molar-refractivity contribution in [2.24, 2.45) is 5.92 Å². The average molecular weight is 259 g/mol. The Morgan fingerprint density at radius 2 is 2.26 bits per heavy atom. The van der Waals surface area contributed by atoms with E-state index in [2.05, 4.69) is 15.1 Å². The second-order valence-corrected chi connectivity index (χ2v) is 4.92. The highest BCUT2D eigenvalue weighted by Crippen LogP contribution is 2.47. The lowest BCUT2D eigenvalue weighted by atomic mass is 10.1. The molecule has 0 saturated heterocycles. The predicted octanol–water partition coefficient (Wildman–Crippen LogP) is 1.94. The normalized spacial score (nSPS) is 21.4. The molecule has 98 valence electrons. The smallest absolute Gasteiger partial charge is 0.307 e. The Labute approximate surface area is 109 Å². The largest absolute Gasteiger partial charge is 0.481 e. The third-order valence-corrected chi connectivity index (χ3v) is 3.29. The number of aromatic nitrogens is 3. The van der Waals surface area contributed by atoms with Crippen LogP contribution in [-0.2, 0) is 4.79 Å². The van der Waals surface area contributed by atoms with Crippen LogP contribution in [0.25, 0.3) is 11.5 Å². The molecule has 0 spiro atoms. The fraction of sp³-hybridized carbons (Fsp3) is 0.385. The number of pyridine rings is 1. The van der Waals surface area contributed by atoms with Gasteiger partial charge in [-0.15, -0.1) is 0 Å². The highest BCUT2D eigenvalue weighted by Gasteiger charge is 2.48. The molecule has 1 N–H and O–H groups in total. The molecular weight excluding hydrogens is 246 g/mol. The van der Waals surface area contributed by atoms with E-state index < -0.39 is 5.97 Å². The maximum atomic E-state index is 10.8. The molecule has 6 heteroatoms. The maximum absolute atomic E-state index is 10.8. The van der Waals surface area contributed by atoms with Crippen LogP contribution in [0.3, 0.4) is 0 Å². The van der Waals surface area contributed by atoms with E-state index in [0.29, 0.717) is 23.8 Å². The van der Waals surface area contributed by atoms with Crippen LogP contribution in [0.15, 0.2) is 16.8 Å². The summed E-state index contributed by atoms with van der Waals surface area (Å²) in [5.41, 5.74) is 2.71.